The first-order valence-corrected chi connectivity index (χ1v) is 10.1. The molecule has 3 N–H and O–H groups in total. The average Bonchev–Trinajstić information content (AvgIpc) is 3.25. The van der Waals surface area contributed by atoms with Gasteiger partial charge in [0.2, 0.25) is 11.8 Å². The van der Waals surface area contributed by atoms with Crippen LogP contribution in [-0.2, 0) is 11.3 Å². The highest BCUT2D eigenvalue weighted by molar-refractivity contribution is 14.0. The van der Waals surface area contributed by atoms with Gasteiger partial charge in [-0.3, -0.25) is 4.79 Å². The van der Waals surface area contributed by atoms with Gasteiger partial charge in [0.15, 0.2) is 5.96 Å². The summed E-state index contributed by atoms with van der Waals surface area (Å²) in [7, 11) is 0. The lowest BCUT2D eigenvalue weighted by Crippen LogP contribution is -2.40. The number of aromatic nitrogens is 1. The molecule has 31 heavy (non-hydrogen) atoms. The number of hydrogen-bond donors (Lipinski definition) is 3. The Morgan fingerprint density at radius 3 is 2.74 bits per heavy atom. The van der Waals surface area contributed by atoms with Crippen LogP contribution in [-0.4, -0.2) is 29.9 Å². The lowest BCUT2D eigenvalue weighted by atomic mass is 9.90. The number of halogens is 1. The van der Waals surface area contributed by atoms with Gasteiger partial charge in [0.05, 0.1) is 6.54 Å². The molecule has 0 bridgehead atoms. The molecule has 0 radical (unpaired) electrons. The number of aliphatic imine (C=N–C) groups is 1. The maximum Gasteiger partial charge on any atom is 0.226 e. The molecule has 0 fully saturated rings. The zero-order valence-electron chi connectivity index (χ0n) is 17.3. The predicted molar refractivity (Wildman–Crippen MR) is 133 cm³/mol. The van der Waals surface area contributed by atoms with Crippen LogP contribution in [0.1, 0.15) is 30.5 Å². The fourth-order valence-corrected chi connectivity index (χ4v) is 3.50. The Morgan fingerprint density at radius 1 is 1.16 bits per heavy atom. The summed E-state index contributed by atoms with van der Waals surface area (Å²) in [5.41, 5.74) is 3.73. The van der Waals surface area contributed by atoms with Crippen molar-refractivity contribution in [3.05, 3.63) is 72.1 Å². The molecule has 1 aliphatic heterocycles. The van der Waals surface area contributed by atoms with Gasteiger partial charge in [0.1, 0.15) is 12.0 Å². The molecular formula is C23H26IN5O2. The Bertz CT molecular complexity index is 1040. The molecule has 3 aromatic rings. The number of para-hydroxylation sites is 1. The third kappa shape index (κ3) is 5.84. The van der Waals surface area contributed by atoms with Gasteiger partial charge >= 0.3 is 0 Å². The van der Waals surface area contributed by atoms with E-state index in [0.717, 1.165) is 29.1 Å². The molecule has 0 aliphatic carbocycles. The number of carbonyl (C=O) groups is 1. The predicted octanol–water partition coefficient (Wildman–Crippen LogP) is 4.14. The number of oxazole rings is 1. The van der Waals surface area contributed by atoms with Crippen molar-refractivity contribution < 1.29 is 9.21 Å². The van der Waals surface area contributed by atoms with E-state index in [2.05, 4.69) is 32.0 Å². The molecule has 1 unspecified atom stereocenters. The Morgan fingerprint density at radius 2 is 1.94 bits per heavy atom. The van der Waals surface area contributed by atoms with Gasteiger partial charge in [0, 0.05) is 36.7 Å². The first-order chi connectivity index (χ1) is 14.7. The lowest BCUT2D eigenvalue weighted by molar-refractivity contribution is -0.116. The summed E-state index contributed by atoms with van der Waals surface area (Å²) in [6, 6.07) is 17.7. The van der Waals surface area contributed by atoms with E-state index in [1.54, 1.807) is 6.26 Å². The number of hydrogen-bond acceptors (Lipinski definition) is 4. The Hall–Kier alpha value is -2.88. The second-order valence-electron chi connectivity index (χ2n) is 7.12. The van der Waals surface area contributed by atoms with E-state index in [0.29, 0.717) is 31.4 Å². The summed E-state index contributed by atoms with van der Waals surface area (Å²) in [5, 5.41) is 9.54. The summed E-state index contributed by atoms with van der Waals surface area (Å²) in [6.45, 7) is 3.77. The van der Waals surface area contributed by atoms with Crippen LogP contribution in [0.25, 0.3) is 11.5 Å². The number of benzene rings is 2. The van der Waals surface area contributed by atoms with E-state index in [9.17, 15) is 4.79 Å². The van der Waals surface area contributed by atoms with Crippen LogP contribution >= 0.6 is 24.0 Å². The summed E-state index contributed by atoms with van der Waals surface area (Å²) in [4.78, 5) is 21.2. The van der Waals surface area contributed by atoms with Crippen LogP contribution in [0.4, 0.5) is 5.69 Å². The molecule has 7 nitrogen and oxygen atoms in total. The quantitative estimate of drug-likeness (QED) is 0.253. The second-order valence-corrected chi connectivity index (χ2v) is 7.12. The standard InChI is InChI=1S/C23H25N5O2.HI/c1-2-24-23(25-13-17-12-21(29)28-20-11-7-6-10-19(17)20)26-14-18-15-30-22(27-18)16-8-4-3-5-9-16;/h3-11,15,17H,2,12-14H2,1H3,(H,28,29)(H2,24,25,26);1H. The van der Waals surface area contributed by atoms with E-state index < -0.39 is 0 Å². The van der Waals surface area contributed by atoms with Crippen molar-refractivity contribution >= 4 is 41.5 Å². The van der Waals surface area contributed by atoms with Crippen LogP contribution in [0.5, 0.6) is 0 Å². The van der Waals surface area contributed by atoms with Crippen molar-refractivity contribution in [1.29, 1.82) is 0 Å². The molecule has 1 aromatic heterocycles. The van der Waals surface area contributed by atoms with Crippen molar-refractivity contribution in [3.8, 4) is 11.5 Å². The number of rotatable bonds is 6. The molecule has 2 aromatic carbocycles. The molecule has 1 aliphatic rings. The molecule has 8 heteroatoms. The molecule has 1 atom stereocenters. The van der Waals surface area contributed by atoms with E-state index >= 15 is 0 Å². The Kier molecular flexibility index (Phi) is 8.05. The Labute approximate surface area is 198 Å². The molecule has 2 heterocycles. The zero-order valence-corrected chi connectivity index (χ0v) is 19.6. The van der Waals surface area contributed by atoms with Crippen LogP contribution in [0.3, 0.4) is 0 Å². The van der Waals surface area contributed by atoms with Crippen LogP contribution in [0.15, 0.2) is 70.3 Å². The SMILES string of the molecule is CCNC(=NCc1coc(-c2ccccc2)n1)NCC1CC(=O)Nc2ccccc21.I. The van der Waals surface area contributed by atoms with Crippen molar-refractivity contribution in [2.45, 2.75) is 25.8 Å². The van der Waals surface area contributed by atoms with E-state index in [-0.39, 0.29) is 35.8 Å². The topological polar surface area (TPSA) is 91.6 Å². The highest BCUT2D eigenvalue weighted by Gasteiger charge is 2.24. The third-order valence-corrected chi connectivity index (χ3v) is 4.94. The minimum atomic E-state index is 0. The highest BCUT2D eigenvalue weighted by Crippen LogP contribution is 2.31. The second kappa shape index (κ2) is 10.9. The minimum absolute atomic E-state index is 0. The summed E-state index contributed by atoms with van der Waals surface area (Å²) in [6.07, 6.45) is 2.09. The van der Waals surface area contributed by atoms with Gasteiger partial charge in [0.25, 0.3) is 0 Å². The molecule has 0 saturated heterocycles. The van der Waals surface area contributed by atoms with Crippen LogP contribution in [0.2, 0.25) is 0 Å². The van der Waals surface area contributed by atoms with Crippen molar-refractivity contribution in [3.63, 3.8) is 0 Å². The number of nitrogens with one attached hydrogen (secondary N) is 3. The van der Waals surface area contributed by atoms with Crippen molar-refractivity contribution in [1.82, 2.24) is 15.6 Å². The fourth-order valence-electron chi connectivity index (χ4n) is 3.50. The molecular weight excluding hydrogens is 505 g/mol. The molecule has 162 valence electrons. The summed E-state index contributed by atoms with van der Waals surface area (Å²) >= 11 is 0. The van der Waals surface area contributed by atoms with Gasteiger partial charge in [-0.2, -0.15) is 0 Å². The fraction of sp³-hybridized carbons (Fsp3) is 0.261. The third-order valence-electron chi connectivity index (χ3n) is 4.94. The van der Waals surface area contributed by atoms with Crippen molar-refractivity contribution in [2.75, 3.05) is 18.4 Å². The number of anilines is 1. The molecule has 1 amide bonds. The van der Waals surface area contributed by atoms with Gasteiger partial charge in [-0.1, -0.05) is 36.4 Å². The van der Waals surface area contributed by atoms with Crippen LogP contribution in [0, 0.1) is 0 Å². The lowest BCUT2D eigenvalue weighted by Gasteiger charge is -2.26. The van der Waals surface area contributed by atoms with E-state index in [4.69, 9.17) is 4.42 Å². The average molecular weight is 531 g/mol. The first-order valence-electron chi connectivity index (χ1n) is 10.1. The van der Waals surface area contributed by atoms with Gasteiger partial charge in [-0.25, -0.2) is 9.98 Å². The molecule has 0 spiro atoms. The van der Waals surface area contributed by atoms with E-state index in [1.807, 2.05) is 55.5 Å². The molecule has 0 saturated carbocycles. The van der Waals surface area contributed by atoms with Gasteiger partial charge < -0.3 is 20.4 Å². The van der Waals surface area contributed by atoms with Crippen molar-refractivity contribution in [2.24, 2.45) is 4.99 Å². The smallest absolute Gasteiger partial charge is 0.226 e. The summed E-state index contributed by atoms with van der Waals surface area (Å²) in [5.74, 6) is 1.41. The zero-order chi connectivity index (χ0) is 20.8. The number of fused-ring (bicyclic) bond motifs is 1. The highest BCUT2D eigenvalue weighted by atomic mass is 127. The largest absolute Gasteiger partial charge is 0.444 e. The Balaban J connectivity index is 0.00000272. The van der Waals surface area contributed by atoms with Gasteiger partial charge in [-0.15, -0.1) is 24.0 Å². The first kappa shape index (κ1) is 22.8. The number of carbonyl (C=O) groups excluding carboxylic acids is 1. The number of amides is 1. The maximum absolute atomic E-state index is 12.0. The van der Waals surface area contributed by atoms with Gasteiger partial charge in [-0.05, 0) is 30.7 Å². The number of guanidine groups is 1. The normalized spacial score (nSPS) is 15.5. The van der Waals surface area contributed by atoms with E-state index in [1.165, 1.54) is 0 Å². The maximum atomic E-state index is 12.0. The monoisotopic (exact) mass is 531 g/mol. The summed E-state index contributed by atoms with van der Waals surface area (Å²) < 4.78 is 5.58. The molecule has 4 rings (SSSR count). The number of nitrogens with zero attached hydrogens (tertiary/aromatic N) is 2. The van der Waals surface area contributed by atoms with Crippen LogP contribution < -0.4 is 16.0 Å². The minimum Gasteiger partial charge on any atom is -0.444 e.